The molecule has 0 amide bonds. The summed E-state index contributed by atoms with van der Waals surface area (Å²) < 4.78 is 0. The van der Waals surface area contributed by atoms with Crippen LogP contribution in [0.1, 0.15) is 213 Å². The molecule has 216 valence electrons. The van der Waals surface area contributed by atoms with E-state index in [9.17, 15) is 0 Å². The lowest BCUT2D eigenvalue weighted by atomic mass is 10.0. The molecule has 2 heteroatoms. The molecule has 0 bridgehead atoms. The molecule has 0 radical (unpaired) electrons. The van der Waals surface area contributed by atoms with Crippen LogP contribution in [0.4, 0.5) is 0 Å². The first kappa shape index (κ1) is 39.8. The lowest BCUT2D eigenvalue weighted by Crippen LogP contribution is -1.85. The van der Waals surface area contributed by atoms with Crippen LogP contribution in [0.5, 0.6) is 0 Å². The number of hydrogen-bond acceptors (Lipinski definition) is 1. The Morgan fingerprint density at radius 2 is 0.286 bits per heavy atom. The van der Waals surface area contributed by atoms with Gasteiger partial charge in [-0.2, -0.15) is 0 Å². The quantitative estimate of drug-likeness (QED) is 0.0943. The van der Waals surface area contributed by atoms with E-state index >= 15 is 0 Å². The molecule has 0 aromatic rings. The van der Waals surface area contributed by atoms with Gasteiger partial charge in [-0.05, 0) is 0 Å². The molecule has 0 aromatic carbocycles. The van der Waals surface area contributed by atoms with E-state index in [1.165, 1.54) is 199 Å². The average Bonchev–Trinajstić information content (AvgIpc) is 2.83. The Kier molecular flexibility index (Phi) is 44.0. The molecule has 0 aliphatic heterocycles. The van der Waals surface area contributed by atoms with Gasteiger partial charge in [0.2, 0.25) is 0 Å². The third-order valence-corrected chi connectivity index (χ3v) is 7.71. The molecule has 0 heterocycles. The van der Waals surface area contributed by atoms with Gasteiger partial charge in [0.05, 0.1) is 0 Å². The summed E-state index contributed by atoms with van der Waals surface area (Å²) in [5.74, 6) is 0. The second kappa shape index (κ2) is 38.8. The molecule has 35 heavy (non-hydrogen) atoms. The predicted molar refractivity (Wildman–Crippen MR) is 167 cm³/mol. The van der Waals surface area contributed by atoms with Crippen LogP contribution in [0.3, 0.4) is 0 Å². The lowest BCUT2D eigenvalue weighted by molar-refractivity contribution is 0.513. The van der Waals surface area contributed by atoms with Gasteiger partial charge in [0.15, 0.2) is 0 Å². The maximum Gasteiger partial charge on any atom is -0.0533 e. The highest BCUT2D eigenvalue weighted by molar-refractivity contribution is 5.85. The summed E-state index contributed by atoms with van der Waals surface area (Å²) in [4.78, 5) is 0. The van der Waals surface area contributed by atoms with Crippen LogP contribution in [-0.2, 0) is 0 Å². The van der Waals surface area contributed by atoms with Crippen LogP contribution in [-0.4, -0.2) is 0 Å². The van der Waals surface area contributed by atoms with Crippen molar-refractivity contribution in [1.29, 1.82) is 0 Å². The Morgan fingerprint density at radius 1 is 0.200 bits per heavy atom. The van der Waals surface area contributed by atoms with Gasteiger partial charge >= 0.3 is 0 Å². The van der Waals surface area contributed by atoms with Gasteiger partial charge in [0.25, 0.3) is 0 Å². The standard InChI is InChI=1S/C33H68.ClH.H3N/c1-3-5-7-9-11-13-15-17-19-21-23-25-27-29-31-33-32-30-28-26-24-22-20-18-16-14-12-10-8-6-4-2;;/h3-33H2,1-2H3;1H;1H3. The van der Waals surface area contributed by atoms with Crippen LogP contribution >= 0.6 is 12.4 Å². The van der Waals surface area contributed by atoms with E-state index in [0.717, 1.165) is 0 Å². The van der Waals surface area contributed by atoms with Gasteiger partial charge < -0.3 is 6.15 Å². The fraction of sp³-hybridized carbons (Fsp3) is 1.00. The third kappa shape index (κ3) is 38.9. The SMILES string of the molecule is CCCCCCCCCCCCCCCCCCCCCCCCCCCCCCCCC.Cl.N. The Hall–Kier alpha value is 0.250. The molecule has 0 aromatic heterocycles. The maximum absolute atomic E-state index is 2.31. The summed E-state index contributed by atoms with van der Waals surface area (Å²) in [6.45, 7) is 4.61. The number of unbranched alkanes of at least 4 members (excludes halogenated alkanes) is 30. The first-order valence-corrected chi connectivity index (χ1v) is 16.4. The van der Waals surface area contributed by atoms with E-state index in [1.54, 1.807) is 0 Å². The summed E-state index contributed by atoms with van der Waals surface area (Å²) >= 11 is 0. The van der Waals surface area contributed by atoms with Crippen LogP contribution < -0.4 is 6.15 Å². The zero-order valence-corrected chi connectivity index (χ0v) is 25.9. The van der Waals surface area contributed by atoms with Gasteiger partial charge in [-0.15, -0.1) is 12.4 Å². The van der Waals surface area contributed by atoms with Crippen molar-refractivity contribution < 1.29 is 0 Å². The van der Waals surface area contributed by atoms with E-state index in [0.29, 0.717) is 0 Å². The molecule has 1 nitrogen and oxygen atoms in total. The summed E-state index contributed by atoms with van der Waals surface area (Å²) in [5.41, 5.74) is 0. The summed E-state index contributed by atoms with van der Waals surface area (Å²) in [6.07, 6.45) is 45.9. The Morgan fingerprint density at radius 3 is 0.371 bits per heavy atom. The van der Waals surface area contributed by atoms with E-state index in [2.05, 4.69) is 13.8 Å². The van der Waals surface area contributed by atoms with Gasteiger partial charge in [-0.25, -0.2) is 0 Å². The normalized spacial score (nSPS) is 10.8. The molecule has 0 unspecified atom stereocenters. The van der Waals surface area contributed by atoms with Crippen LogP contribution in [0.25, 0.3) is 0 Å². The maximum atomic E-state index is 2.31. The van der Waals surface area contributed by atoms with Crippen molar-refractivity contribution in [3.63, 3.8) is 0 Å². The van der Waals surface area contributed by atoms with Gasteiger partial charge in [0, 0.05) is 0 Å². The van der Waals surface area contributed by atoms with Crippen molar-refractivity contribution in [3.05, 3.63) is 0 Å². The van der Waals surface area contributed by atoms with Crippen molar-refractivity contribution in [2.45, 2.75) is 213 Å². The molecule has 0 atom stereocenters. The molecule has 0 aliphatic rings. The molecule has 0 saturated carbocycles. The summed E-state index contributed by atoms with van der Waals surface area (Å²) in [5, 5.41) is 0. The van der Waals surface area contributed by atoms with Crippen molar-refractivity contribution >= 4 is 12.4 Å². The monoisotopic (exact) mass is 518 g/mol. The minimum absolute atomic E-state index is 0. The fourth-order valence-corrected chi connectivity index (χ4v) is 5.27. The zero-order valence-electron chi connectivity index (χ0n) is 25.0. The molecular formula is C33H72ClN. The zero-order chi connectivity index (χ0) is 23.9. The minimum Gasteiger partial charge on any atom is -0.344 e. The average molecular weight is 518 g/mol. The summed E-state index contributed by atoms with van der Waals surface area (Å²) in [7, 11) is 0. The van der Waals surface area contributed by atoms with Crippen LogP contribution in [0, 0.1) is 0 Å². The first-order valence-electron chi connectivity index (χ1n) is 16.4. The highest BCUT2D eigenvalue weighted by atomic mass is 35.5. The minimum atomic E-state index is 0. The second-order valence-electron chi connectivity index (χ2n) is 11.3. The molecule has 0 rings (SSSR count). The Labute approximate surface area is 231 Å². The first-order chi connectivity index (χ1) is 16.4. The third-order valence-electron chi connectivity index (χ3n) is 7.71. The molecule has 0 spiro atoms. The second-order valence-corrected chi connectivity index (χ2v) is 11.3. The topological polar surface area (TPSA) is 35.0 Å². The van der Waals surface area contributed by atoms with E-state index in [1.807, 2.05) is 0 Å². The van der Waals surface area contributed by atoms with E-state index in [-0.39, 0.29) is 18.6 Å². The van der Waals surface area contributed by atoms with Crippen molar-refractivity contribution in [3.8, 4) is 0 Å². The molecule has 0 saturated heterocycles. The van der Waals surface area contributed by atoms with Crippen molar-refractivity contribution in [1.82, 2.24) is 6.15 Å². The highest BCUT2D eigenvalue weighted by Gasteiger charge is 1.96. The van der Waals surface area contributed by atoms with Gasteiger partial charge in [-0.3, -0.25) is 0 Å². The number of hydrogen-bond donors (Lipinski definition) is 1. The highest BCUT2D eigenvalue weighted by Crippen LogP contribution is 2.16. The molecular weight excluding hydrogens is 446 g/mol. The molecule has 3 N–H and O–H groups in total. The molecule has 0 fully saturated rings. The van der Waals surface area contributed by atoms with Crippen molar-refractivity contribution in [2.75, 3.05) is 0 Å². The smallest absolute Gasteiger partial charge is 0.0533 e. The van der Waals surface area contributed by atoms with Crippen LogP contribution in [0.15, 0.2) is 0 Å². The van der Waals surface area contributed by atoms with E-state index in [4.69, 9.17) is 0 Å². The van der Waals surface area contributed by atoms with Gasteiger partial charge in [-0.1, -0.05) is 213 Å². The Bertz CT molecular complexity index is 290. The van der Waals surface area contributed by atoms with E-state index < -0.39 is 0 Å². The van der Waals surface area contributed by atoms with Crippen molar-refractivity contribution in [2.24, 2.45) is 0 Å². The van der Waals surface area contributed by atoms with Gasteiger partial charge in [0.1, 0.15) is 0 Å². The number of rotatable bonds is 30. The van der Waals surface area contributed by atoms with Crippen LogP contribution in [0.2, 0.25) is 0 Å². The molecule has 0 aliphatic carbocycles. The largest absolute Gasteiger partial charge is 0.344 e. The lowest BCUT2D eigenvalue weighted by Gasteiger charge is -2.04. The fourth-order valence-electron chi connectivity index (χ4n) is 5.27. The predicted octanol–water partition coefficient (Wildman–Crippen LogP) is 13.7. The Balaban J connectivity index is -0.00000512. The number of halogens is 1. The summed E-state index contributed by atoms with van der Waals surface area (Å²) in [6, 6.07) is 0.